The Balaban J connectivity index is 1.49. The van der Waals surface area contributed by atoms with Gasteiger partial charge in [-0.05, 0) is 56.2 Å². The number of carbonyl (C=O) groups is 2. The van der Waals surface area contributed by atoms with Crippen LogP contribution in [-0.4, -0.2) is 54.7 Å². The van der Waals surface area contributed by atoms with E-state index in [2.05, 4.69) is 15.6 Å². The zero-order valence-corrected chi connectivity index (χ0v) is 16.7. The minimum absolute atomic E-state index is 0.0327. The molecule has 0 atom stereocenters. The maximum Gasteiger partial charge on any atom is 0.409 e. The quantitative estimate of drug-likeness (QED) is 0.776. The summed E-state index contributed by atoms with van der Waals surface area (Å²) in [5.41, 5.74) is 1.38. The number of nitrogens with zero attached hydrogens (tertiary/aromatic N) is 2. The van der Waals surface area contributed by atoms with Gasteiger partial charge in [-0.15, -0.1) is 0 Å². The van der Waals surface area contributed by atoms with Crippen LogP contribution in [0.25, 0.3) is 0 Å². The van der Waals surface area contributed by atoms with E-state index in [4.69, 9.17) is 9.47 Å². The fourth-order valence-corrected chi connectivity index (χ4v) is 3.11. The van der Waals surface area contributed by atoms with Crippen LogP contribution >= 0.6 is 0 Å². The van der Waals surface area contributed by atoms with Crippen LogP contribution < -0.4 is 15.4 Å². The highest BCUT2D eigenvalue weighted by Gasteiger charge is 2.24. The number of pyridine rings is 1. The molecule has 0 saturated carbocycles. The lowest BCUT2D eigenvalue weighted by Crippen LogP contribution is -2.46. The third-order valence-corrected chi connectivity index (χ3v) is 4.74. The Bertz CT molecular complexity index is 816. The van der Waals surface area contributed by atoms with Gasteiger partial charge in [0.25, 0.3) is 5.91 Å². The lowest BCUT2D eigenvalue weighted by atomic mass is 10.0. The number of hydrogen-bond donors (Lipinski definition) is 2. The topological polar surface area (TPSA) is 92.8 Å². The number of methoxy groups -OCH3 is 1. The van der Waals surface area contributed by atoms with Gasteiger partial charge in [-0.25, -0.2) is 9.78 Å². The maximum atomic E-state index is 12.5. The van der Waals surface area contributed by atoms with Crippen molar-refractivity contribution in [2.24, 2.45) is 0 Å². The first-order chi connectivity index (χ1) is 14.1. The van der Waals surface area contributed by atoms with Crippen LogP contribution in [0.15, 0.2) is 42.6 Å². The van der Waals surface area contributed by atoms with Gasteiger partial charge in [0.1, 0.15) is 11.6 Å². The number of rotatable bonds is 6. The van der Waals surface area contributed by atoms with Gasteiger partial charge in [0.05, 0.1) is 19.3 Å². The van der Waals surface area contributed by atoms with Crippen LogP contribution in [0.4, 0.5) is 16.3 Å². The summed E-state index contributed by atoms with van der Waals surface area (Å²) in [7, 11) is 1.62. The normalized spacial score (nSPS) is 14.2. The molecule has 1 aliphatic heterocycles. The molecule has 1 aromatic heterocycles. The van der Waals surface area contributed by atoms with E-state index in [0.29, 0.717) is 43.9 Å². The first kappa shape index (κ1) is 20.4. The Morgan fingerprint density at radius 1 is 1.14 bits per heavy atom. The van der Waals surface area contributed by atoms with E-state index in [0.717, 1.165) is 11.4 Å². The lowest BCUT2D eigenvalue weighted by molar-refractivity contribution is 0.0860. The number of ether oxygens (including phenoxy) is 2. The molecule has 1 fully saturated rings. The van der Waals surface area contributed by atoms with Crippen molar-refractivity contribution in [1.29, 1.82) is 0 Å². The van der Waals surface area contributed by atoms with Crippen LogP contribution in [0.5, 0.6) is 5.75 Å². The smallest absolute Gasteiger partial charge is 0.409 e. The highest BCUT2D eigenvalue weighted by atomic mass is 16.6. The number of likely N-dealkylation sites (tertiary alicyclic amines) is 1. The van der Waals surface area contributed by atoms with E-state index in [1.165, 1.54) is 0 Å². The first-order valence-corrected chi connectivity index (χ1v) is 9.68. The number of nitrogens with one attached hydrogen (secondary N) is 2. The highest BCUT2D eigenvalue weighted by Crippen LogP contribution is 2.19. The average Bonchev–Trinajstić information content (AvgIpc) is 2.75. The lowest BCUT2D eigenvalue weighted by Gasteiger charge is -2.31. The predicted molar refractivity (Wildman–Crippen MR) is 110 cm³/mol. The molecule has 0 spiro atoms. The molecule has 8 nitrogen and oxygen atoms in total. The van der Waals surface area contributed by atoms with E-state index >= 15 is 0 Å². The Morgan fingerprint density at radius 2 is 1.86 bits per heavy atom. The Morgan fingerprint density at radius 3 is 2.45 bits per heavy atom. The summed E-state index contributed by atoms with van der Waals surface area (Å²) in [6.45, 7) is 3.31. The van der Waals surface area contributed by atoms with Crippen molar-refractivity contribution in [3.8, 4) is 5.75 Å². The Hall–Kier alpha value is -3.29. The second-order valence-electron chi connectivity index (χ2n) is 6.72. The minimum atomic E-state index is -0.290. The summed E-state index contributed by atoms with van der Waals surface area (Å²) in [5.74, 6) is 1.26. The van der Waals surface area contributed by atoms with Crippen molar-refractivity contribution in [3.05, 3.63) is 48.2 Å². The number of carbonyl (C=O) groups excluding carboxylic acids is 2. The molecular formula is C21H26N4O4. The van der Waals surface area contributed by atoms with Gasteiger partial charge in [-0.3, -0.25) is 4.79 Å². The van der Waals surface area contributed by atoms with Crippen LogP contribution in [0.1, 0.15) is 30.1 Å². The molecular weight excluding hydrogens is 372 g/mol. The van der Waals surface area contributed by atoms with Crippen molar-refractivity contribution in [2.75, 3.05) is 32.1 Å². The molecule has 2 amide bonds. The molecule has 1 aliphatic rings. The molecule has 1 saturated heterocycles. The van der Waals surface area contributed by atoms with Gasteiger partial charge in [0, 0.05) is 31.0 Å². The minimum Gasteiger partial charge on any atom is -0.497 e. The van der Waals surface area contributed by atoms with Crippen molar-refractivity contribution in [2.45, 2.75) is 25.8 Å². The van der Waals surface area contributed by atoms with Gasteiger partial charge < -0.3 is 25.0 Å². The summed E-state index contributed by atoms with van der Waals surface area (Å²) >= 11 is 0. The van der Waals surface area contributed by atoms with Crippen molar-refractivity contribution < 1.29 is 19.1 Å². The number of anilines is 2. The second kappa shape index (κ2) is 9.77. The molecule has 3 rings (SSSR count). The van der Waals surface area contributed by atoms with Gasteiger partial charge in [-0.2, -0.15) is 0 Å². The Labute approximate surface area is 170 Å². The van der Waals surface area contributed by atoms with E-state index < -0.39 is 0 Å². The third kappa shape index (κ3) is 5.60. The number of benzene rings is 1. The van der Waals surface area contributed by atoms with Crippen molar-refractivity contribution >= 4 is 23.5 Å². The zero-order chi connectivity index (χ0) is 20.6. The summed E-state index contributed by atoms with van der Waals surface area (Å²) in [4.78, 5) is 30.2. The second-order valence-corrected chi connectivity index (χ2v) is 6.72. The van der Waals surface area contributed by atoms with E-state index in [1.807, 2.05) is 24.3 Å². The summed E-state index contributed by atoms with van der Waals surface area (Å²) in [6.07, 6.45) is 2.67. The first-order valence-electron chi connectivity index (χ1n) is 9.68. The van der Waals surface area contributed by atoms with Crippen molar-refractivity contribution in [3.63, 3.8) is 0 Å². The molecule has 29 heavy (non-hydrogen) atoms. The van der Waals surface area contributed by atoms with Crippen LogP contribution in [0.3, 0.4) is 0 Å². The van der Waals surface area contributed by atoms with Gasteiger partial charge in [0.2, 0.25) is 0 Å². The van der Waals surface area contributed by atoms with Gasteiger partial charge in [0.15, 0.2) is 0 Å². The largest absolute Gasteiger partial charge is 0.497 e. The monoisotopic (exact) mass is 398 g/mol. The van der Waals surface area contributed by atoms with E-state index in [1.54, 1.807) is 37.3 Å². The molecule has 2 N–H and O–H groups in total. The number of aromatic nitrogens is 1. The molecule has 2 aromatic rings. The molecule has 0 aliphatic carbocycles. The van der Waals surface area contributed by atoms with Crippen LogP contribution in [0, 0.1) is 0 Å². The molecule has 0 unspecified atom stereocenters. The summed E-state index contributed by atoms with van der Waals surface area (Å²) < 4.78 is 10.2. The molecule has 2 heterocycles. The number of amides is 2. The van der Waals surface area contributed by atoms with Crippen LogP contribution in [0.2, 0.25) is 0 Å². The standard InChI is InChI=1S/C21H26N4O4/c1-3-29-21(27)25-12-10-17(11-13-25)24-20(26)15-4-9-19(22-14-15)23-16-5-7-18(28-2)8-6-16/h4-9,14,17H,3,10-13H2,1-2H3,(H,22,23)(H,24,26). The molecule has 0 bridgehead atoms. The van der Waals surface area contributed by atoms with Gasteiger partial charge >= 0.3 is 6.09 Å². The number of piperidine rings is 1. The summed E-state index contributed by atoms with van der Waals surface area (Å²) in [6, 6.07) is 11.0. The summed E-state index contributed by atoms with van der Waals surface area (Å²) in [5, 5.41) is 6.20. The molecule has 0 radical (unpaired) electrons. The fourth-order valence-electron chi connectivity index (χ4n) is 3.11. The Kier molecular flexibility index (Phi) is 6.89. The maximum absolute atomic E-state index is 12.5. The van der Waals surface area contributed by atoms with E-state index in [-0.39, 0.29) is 18.0 Å². The molecule has 154 valence electrons. The zero-order valence-electron chi connectivity index (χ0n) is 16.7. The molecule has 8 heteroatoms. The van der Waals surface area contributed by atoms with E-state index in [9.17, 15) is 9.59 Å². The molecule has 1 aromatic carbocycles. The van der Waals surface area contributed by atoms with Crippen molar-refractivity contribution in [1.82, 2.24) is 15.2 Å². The fraction of sp³-hybridized carbons (Fsp3) is 0.381. The average molecular weight is 398 g/mol. The van der Waals surface area contributed by atoms with Crippen LogP contribution in [-0.2, 0) is 4.74 Å². The predicted octanol–water partition coefficient (Wildman–Crippen LogP) is 3.18. The number of hydrogen-bond acceptors (Lipinski definition) is 6. The third-order valence-electron chi connectivity index (χ3n) is 4.74. The highest BCUT2D eigenvalue weighted by molar-refractivity contribution is 5.94. The SMILES string of the molecule is CCOC(=O)N1CCC(NC(=O)c2ccc(Nc3ccc(OC)cc3)nc2)CC1. The van der Waals surface area contributed by atoms with Gasteiger partial charge in [-0.1, -0.05) is 0 Å².